The van der Waals surface area contributed by atoms with Crippen LogP contribution in [0.4, 0.5) is 0 Å². The number of rotatable bonds is 7. The van der Waals surface area contributed by atoms with Gasteiger partial charge in [-0.1, -0.05) is 30.3 Å². The zero-order chi connectivity index (χ0) is 15.8. The highest BCUT2D eigenvalue weighted by atomic mass is 16.5. The fourth-order valence-corrected chi connectivity index (χ4v) is 2.08. The smallest absolute Gasteiger partial charge is 0.329 e. The molecule has 5 nitrogen and oxygen atoms in total. The van der Waals surface area contributed by atoms with Gasteiger partial charge < -0.3 is 10.1 Å². The van der Waals surface area contributed by atoms with Crippen molar-refractivity contribution in [1.82, 2.24) is 10.2 Å². The molecule has 0 radical (unpaired) electrons. The van der Waals surface area contributed by atoms with E-state index in [0.717, 1.165) is 5.56 Å². The third-order valence-corrected chi connectivity index (χ3v) is 3.24. The van der Waals surface area contributed by atoms with Gasteiger partial charge in [-0.15, -0.1) is 0 Å². The average molecular weight is 292 g/mol. The molecular formula is C16H24N2O3. The lowest BCUT2D eigenvalue weighted by Crippen LogP contribution is -2.49. The first-order valence-corrected chi connectivity index (χ1v) is 7.07. The lowest BCUT2D eigenvalue weighted by Gasteiger charge is -2.30. The lowest BCUT2D eigenvalue weighted by atomic mass is 10.1. The van der Waals surface area contributed by atoms with Crippen molar-refractivity contribution in [1.29, 1.82) is 0 Å². The van der Waals surface area contributed by atoms with Crippen molar-refractivity contribution in [3.8, 4) is 0 Å². The molecule has 0 spiro atoms. The van der Waals surface area contributed by atoms with Crippen molar-refractivity contribution in [3.63, 3.8) is 0 Å². The van der Waals surface area contributed by atoms with E-state index in [1.54, 1.807) is 0 Å². The Kier molecular flexibility index (Phi) is 6.88. The van der Waals surface area contributed by atoms with Crippen molar-refractivity contribution in [2.75, 3.05) is 13.7 Å². The number of benzene rings is 1. The zero-order valence-electron chi connectivity index (χ0n) is 13.1. The molecule has 1 atom stereocenters. The predicted octanol–water partition coefficient (Wildman–Crippen LogP) is 1.57. The summed E-state index contributed by atoms with van der Waals surface area (Å²) in [6.07, 6.45) is 0. The van der Waals surface area contributed by atoms with Crippen LogP contribution in [0.2, 0.25) is 0 Å². The predicted molar refractivity (Wildman–Crippen MR) is 81.6 cm³/mol. The van der Waals surface area contributed by atoms with Crippen LogP contribution in [0.15, 0.2) is 30.3 Å². The summed E-state index contributed by atoms with van der Waals surface area (Å²) >= 11 is 0. The number of carbonyl (C=O) groups excluding carboxylic acids is 2. The second-order valence-electron chi connectivity index (χ2n) is 5.29. The van der Waals surface area contributed by atoms with Crippen molar-refractivity contribution < 1.29 is 14.3 Å². The second kappa shape index (κ2) is 8.42. The van der Waals surface area contributed by atoms with Gasteiger partial charge in [0.05, 0.1) is 7.11 Å². The molecule has 1 unspecified atom stereocenters. The molecule has 0 fully saturated rings. The van der Waals surface area contributed by atoms with Crippen LogP contribution in [0.5, 0.6) is 0 Å². The van der Waals surface area contributed by atoms with Crippen LogP contribution in [0, 0.1) is 0 Å². The Morgan fingerprint density at radius 2 is 1.86 bits per heavy atom. The summed E-state index contributed by atoms with van der Waals surface area (Å²) < 4.78 is 4.76. The minimum Gasteiger partial charge on any atom is -0.467 e. The first kappa shape index (κ1) is 17.2. The Bertz CT molecular complexity index is 460. The van der Waals surface area contributed by atoms with Gasteiger partial charge in [-0.25, -0.2) is 4.79 Å². The average Bonchev–Trinajstić information content (AvgIpc) is 2.45. The van der Waals surface area contributed by atoms with Gasteiger partial charge in [0.25, 0.3) is 0 Å². The van der Waals surface area contributed by atoms with Crippen molar-refractivity contribution in [3.05, 3.63) is 35.9 Å². The monoisotopic (exact) mass is 292 g/mol. The summed E-state index contributed by atoms with van der Waals surface area (Å²) in [5.74, 6) is -0.669. The Hall–Kier alpha value is -1.88. The number of nitrogens with zero attached hydrogens (tertiary/aromatic N) is 1. The highest BCUT2D eigenvalue weighted by Gasteiger charge is 2.24. The van der Waals surface area contributed by atoms with Gasteiger partial charge in [-0.2, -0.15) is 0 Å². The molecule has 0 aliphatic carbocycles. The summed E-state index contributed by atoms with van der Waals surface area (Å²) in [5.41, 5.74) is 1.16. The maximum Gasteiger partial charge on any atom is 0.329 e. The van der Waals surface area contributed by atoms with Crippen LogP contribution in [-0.4, -0.2) is 42.5 Å². The van der Waals surface area contributed by atoms with Crippen LogP contribution >= 0.6 is 0 Å². The Labute approximate surface area is 126 Å². The third kappa shape index (κ3) is 5.95. The van der Waals surface area contributed by atoms with E-state index in [2.05, 4.69) is 24.1 Å². The van der Waals surface area contributed by atoms with Gasteiger partial charge in [-0.05, 0) is 19.4 Å². The molecule has 5 heteroatoms. The molecule has 116 valence electrons. The van der Waals surface area contributed by atoms with Gasteiger partial charge in [0.1, 0.15) is 6.04 Å². The normalized spacial score (nSPS) is 12.3. The summed E-state index contributed by atoms with van der Waals surface area (Å²) in [6, 6.07) is 9.61. The largest absolute Gasteiger partial charge is 0.467 e. The van der Waals surface area contributed by atoms with Gasteiger partial charge in [0.15, 0.2) is 0 Å². The maximum atomic E-state index is 11.8. The van der Waals surface area contributed by atoms with E-state index in [1.807, 2.05) is 30.3 Å². The first-order valence-electron chi connectivity index (χ1n) is 7.07. The number of ether oxygens (including phenoxy) is 1. The minimum absolute atomic E-state index is 0.242. The number of amides is 1. The molecule has 1 amide bonds. The summed E-state index contributed by atoms with van der Waals surface area (Å²) in [4.78, 5) is 25.2. The Morgan fingerprint density at radius 1 is 1.24 bits per heavy atom. The highest BCUT2D eigenvalue weighted by molar-refractivity contribution is 5.83. The number of hydrogen-bond donors (Lipinski definition) is 1. The van der Waals surface area contributed by atoms with Crippen molar-refractivity contribution >= 4 is 11.9 Å². The first-order chi connectivity index (χ1) is 9.93. The number of esters is 1. The third-order valence-electron chi connectivity index (χ3n) is 3.24. The minimum atomic E-state index is -0.654. The molecule has 0 bridgehead atoms. The molecule has 1 aromatic carbocycles. The summed E-state index contributed by atoms with van der Waals surface area (Å²) in [7, 11) is 1.33. The Morgan fingerprint density at radius 3 is 2.33 bits per heavy atom. The molecule has 21 heavy (non-hydrogen) atoms. The topological polar surface area (TPSA) is 58.6 Å². The van der Waals surface area contributed by atoms with Crippen LogP contribution in [-0.2, 0) is 20.9 Å². The quantitative estimate of drug-likeness (QED) is 0.775. The highest BCUT2D eigenvalue weighted by Crippen LogP contribution is 2.09. The fourth-order valence-electron chi connectivity index (χ4n) is 2.08. The number of carbonyl (C=O) groups is 2. The lowest BCUT2D eigenvalue weighted by molar-refractivity contribution is -0.145. The number of hydrogen-bond acceptors (Lipinski definition) is 4. The van der Waals surface area contributed by atoms with Crippen LogP contribution in [0.1, 0.15) is 26.3 Å². The Balaban J connectivity index is 2.79. The molecule has 1 N–H and O–H groups in total. The molecule has 0 saturated heterocycles. The molecule has 1 rings (SSSR count). The van der Waals surface area contributed by atoms with Crippen molar-refractivity contribution in [2.45, 2.75) is 39.4 Å². The summed E-state index contributed by atoms with van der Waals surface area (Å²) in [5, 5.41) is 2.65. The van der Waals surface area contributed by atoms with E-state index in [4.69, 9.17) is 4.74 Å². The van der Waals surface area contributed by atoms with Crippen molar-refractivity contribution in [2.24, 2.45) is 0 Å². The number of nitrogens with one attached hydrogen (secondary N) is 1. The maximum absolute atomic E-state index is 11.8. The SMILES string of the molecule is COC(=O)C(CN(Cc1ccccc1)C(C)C)NC(C)=O. The molecular weight excluding hydrogens is 268 g/mol. The molecule has 0 aromatic heterocycles. The zero-order valence-corrected chi connectivity index (χ0v) is 13.1. The fraction of sp³-hybridized carbons (Fsp3) is 0.500. The van der Waals surface area contributed by atoms with Gasteiger partial charge in [0, 0.05) is 26.1 Å². The molecule has 1 aromatic rings. The van der Waals surface area contributed by atoms with Gasteiger partial charge >= 0.3 is 5.97 Å². The molecule has 0 aliphatic heterocycles. The molecule has 0 aliphatic rings. The van der Waals surface area contributed by atoms with E-state index >= 15 is 0 Å². The van der Waals surface area contributed by atoms with Gasteiger partial charge in [0.2, 0.25) is 5.91 Å². The van der Waals surface area contributed by atoms with E-state index in [1.165, 1.54) is 14.0 Å². The van der Waals surface area contributed by atoms with Crippen LogP contribution < -0.4 is 5.32 Å². The standard InChI is InChI=1S/C16H24N2O3/c1-12(2)18(10-14-8-6-5-7-9-14)11-15(16(20)21-4)17-13(3)19/h5-9,12,15H,10-11H2,1-4H3,(H,17,19). The van der Waals surface area contributed by atoms with E-state index in [0.29, 0.717) is 13.1 Å². The molecule has 0 heterocycles. The summed E-state index contributed by atoms with van der Waals surface area (Å²) in [6.45, 7) is 6.65. The van der Waals surface area contributed by atoms with Gasteiger partial charge in [-0.3, -0.25) is 9.69 Å². The second-order valence-corrected chi connectivity index (χ2v) is 5.29. The van der Waals surface area contributed by atoms with E-state index in [-0.39, 0.29) is 11.9 Å². The van der Waals surface area contributed by atoms with E-state index < -0.39 is 12.0 Å². The number of methoxy groups -OCH3 is 1. The molecule has 0 saturated carbocycles. The van der Waals surface area contributed by atoms with Crippen LogP contribution in [0.25, 0.3) is 0 Å². The van der Waals surface area contributed by atoms with Crippen LogP contribution in [0.3, 0.4) is 0 Å². The van der Waals surface area contributed by atoms with E-state index in [9.17, 15) is 9.59 Å².